The molecular formula is C22H22FN3O. The van der Waals surface area contributed by atoms with Gasteiger partial charge in [-0.1, -0.05) is 30.3 Å². The Morgan fingerprint density at radius 1 is 1.19 bits per heavy atom. The Morgan fingerprint density at radius 3 is 2.67 bits per heavy atom. The van der Waals surface area contributed by atoms with E-state index in [1.54, 1.807) is 6.07 Å². The van der Waals surface area contributed by atoms with Crippen LogP contribution in [0.15, 0.2) is 48.5 Å². The second kappa shape index (κ2) is 7.45. The van der Waals surface area contributed by atoms with Crippen LogP contribution in [-0.4, -0.2) is 24.0 Å². The molecule has 3 aromatic rings. The first-order chi connectivity index (χ1) is 13.2. The Morgan fingerprint density at radius 2 is 1.96 bits per heavy atom. The van der Waals surface area contributed by atoms with Crippen molar-refractivity contribution in [3.05, 3.63) is 65.6 Å². The van der Waals surface area contributed by atoms with E-state index in [4.69, 9.17) is 10.7 Å². The molecule has 1 aliphatic rings. The number of fused-ring (bicyclic) bond motifs is 1. The van der Waals surface area contributed by atoms with Crippen molar-refractivity contribution < 1.29 is 9.18 Å². The lowest BCUT2D eigenvalue weighted by molar-refractivity contribution is 0.0954. The molecule has 4 nitrogen and oxygen atoms in total. The number of carbonyl (C=O) groups is 1. The molecule has 4 rings (SSSR count). The van der Waals surface area contributed by atoms with Gasteiger partial charge in [-0.05, 0) is 49.1 Å². The number of amides is 1. The van der Waals surface area contributed by atoms with Crippen molar-refractivity contribution in [3.63, 3.8) is 0 Å². The van der Waals surface area contributed by atoms with E-state index in [1.807, 2.05) is 30.3 Å². The van der Waals surface area contributed by atoms with Crippen molar-refractivity contribution >= 4 is 16.8 Å². The van der Waals surface area contributed by atoms with Gasteiger partial charge in [0.2, 0.25) is 0 Å². The van der Waals surface area contributed by atoms with E-state index < -0.39 is 0 Å². The highest BCUT2D eigenvalue weighted by Crippen LogP contribution is 2.33. The Kier molecular flexibility index (Phi) is 4.86. The van der Waals surface area contributed by atoms with Gasteiger partial charge in [0, 0.05) is 23.9 Å². The van der Waals surface area contributed by atoms with Gasteiger partial charge in [-0.25, -0.2) is 4.39 Å². The lowest BCUT2D eigenvalue weighted by Crippen LogP contribution is -2.27. The Labute approximate surface area is 157 Å². The van der Waals surface area contributed by atoms with E-state index in [2.05, 4.69) is 5.32 Å². The maximum Gasteiger partial charge on any atom is 0.252 e. The summed E-state index contributed by atoms with van der Waals surface area (Å²) < 4.78 is 14.0. The number of halogens is 1. The van der Waals surface area contributed by atoms with Crippen LogP contribution in [0.25, 0.3) is 22.0 Å². The minimum atomic E-state index is -0.383. The summed E-state index contributed by atoms with van der Waals surface area (Å²) in [5.74, 6) is -0.00868. The molecule has 138 valence electrons. The van der Waals surface area contributed by atoms with Gasteiger partial charge in [0.15, 0.2) is 0 Å². The first-order valence-electron chi connectivity index (χ1n) is 9.33. The third-order valence-electron chi connectivity index (χ3n) is 4.94. The fourth-order valence-corrected chi connectivity index (χ4v) is 3.40. The predicted octanol–water partition coefficient (Wildman–Crippen LogP) is 3.68. The standard InChI is InChI=1S/C22H22FN3O/c23-16-8-9-18-17(12-16)21(22(27)25-13-14-6-7-14)20(19(26-18)10-11-24)15-4-2-1-3-5-15/h1-5,8-9,12,14H,6-7,10-11,13,24H2,(H,25,27). The molecule has 1 aromatic heterocycles. The van der Waals surface area contributed by atoms with Crippen LogP contribution in [-0.2, 0) is 6.42 Å². The van der Waals surface area contributed by atoms with Gasteiger partial charge in [0.05, 0.1) is 16.8 Å². The zero-order valence-electron chi connectivity index (χ0n) is 15.0. The summed E-state index contributed by atoms with van der Waals surface area (Å²) in [5, 5.41) is 3.56. The van der Waals surface area contributed by atoms with E-state index in [9.17, 15) is 9.18 Å². The minimum Gasteiger partial charge on any atom is -0.352 e. The lowest BCUT2D eigenvalue weighted by Gasteiger charge is -2.17. The first kappa shape index (κ1) is 17.6. The number of pyridine rings is 1. The van der Waals surface area contributed by atoms with Gasteiger partial charge in [0.1, 0.15) is 5.82 Å². The first-order valence-corrected chi connectivity index (χ1v) is 9.33. The highest BCUT2D eigenvalue weighted by Gasteiger charge is 2.25. The summed E-state index contributed by atoms with van der Waals surface area (Å²) in [5.41, 5.74) is 9.29. The van der Waals surface area contributed by atoms with E-state index in [1.165, 1.54) is 12.1 Å². The molecule has 2 aromatic carbocycles. The van der Waals surface area contributed by atoms with Crippen LogP contribution in [0.2, 0.25) is 0 Å². The fourth-order valence-electron chi connectivity index (χ4n) is 3.40. The van der Waals surface area contributed by atoms with Gasteiger partial charge in [-0.15, -0.1) is 0 Å². The van der Waals surface area contributed by atoms with Crippen LogP contribution in [0.4, 0.5) is 4.39 Å². The zero-order chi connectivity index (χ0) is 18.8. The molecule has 0 atom stereocenters. The van der Waals surface area contributed by atoms with Crippen molar-refractivity contribution in [3.8, 4) is 11.1 Å². The number of benzene rings is 2. The van der Waals surface area contributed by atoms with Gasteiger partial charge in [-0.2, -0.15) is 0 Å². The number of hydrogen-bond acceptors (Lipinski definition) is 3. The van der Waals surface area contributed by atoms with Crippen LogP contribution in [0, 0.1) is 11.7 Å². The number of nitrogens with zero attached hydrogens (tertiary/aromatic N) is 1. The monoisotopic (exact) mass is 363 g/mol. The molecule has 1 saturated carbocycles. The highest BCUT2D eigenvalue weighted by atomic mass is 19.1. The topological polar surface area (TPSA) is 68.0 Å². The number of nitrogens with two attached hydrogens (primary N) is 1. The van der Waals surface area contributed by atoms with Crippen molar-refractivity contribution in [2.45, 2.75) is 19.3 Å². The fraction of sp³-hybridized carbons (Fsp3) is 0.273. The number of rotatable bonds is 6. The summed E-state index contributed by atoms with van der Waals surface area (Å²) in [4.78, 5) is 17.9. The molecule has 1 heterocycles. The van der Waals surface area contributed by atoms with Crippen molar-refractivity contribution in [1.29, 1.82) is 0 Å². The number of nitrogens with one attached hydrogen (secondary N) is 1. The lowest BCUT2D eigenvalue weighted by atomic mass is 9.92. The van der Waals surface area contributed by atoms with Crippen LogP contribution >= 0.6 is 0 Å². The van der Waals surface area contributed by atoms with Crippen molar-refractivity contribution in [2.24, 2.45) is 11.7 Å². The third-order valence-corrected chi connectivity index (χ3v) is 4.94. The summed E-state index contributed by atoms with van der Waals surface area (Å²) in [6, 6.07) is 14.0. The Balaban J connectivity index is 1.95. The third kappa shape index (κ3) is 3.69. The van der Waals surface area contributed by atoms with E-state index in [-0.39, 0.29) is 11.7 Å². The van der Waals surface area contributed by atoms with E-state index in [0.29, 0.717) is 41.9 Å². The van der Waals surface area contributed by atoms with Gasteiger partial charge < -0.3 is 11.1 Å². The summed E-state index contributed by atoms with van der Waals surface area (Å²) in [6.07, 6.45) is 2.84. The van der Waals surface area contributed by atoms with E-state index >= 15 is 0 Å². The molecule has 0 spiro atoms. The van der Waals surface area contributed by atoms with Crippen LogP contribution in [0.3, 0.4) is 0 Å². The molecule has 5 heteroatoms. The SMILES string of the molecule is NCCc1nc2ccc(F)cc2c(C(=O)NCC2CC2)c1-c1ccccc1. The average Bonchev–Trinajstić information content (AvgIpc) is 3.51. The molecular weight excluding hydrogens is 341 g/mol. The summed E-state index contributed by atoms with van der Waals surface area (Å²) in [6.45, 7) is 1.07. The maximum absolute atomic E-state index is 14.0. The molecule has 0 radical (unpaired) electrons. The molecule has 1 amide bonds. The Bertz CT molecular complexity index is 984. The molecule has 0 unspecified atom stereocenters. The second-order valence-corrected chi connectivity index (χ2v) is 7.03. The van der Waals surface area contributed by atoms with Crippen LogP contribution in [0.5, 0.6) is 0 Å². The highest BCUT2D eigenvalue weighted by molar-refractivity contribution is 6.12. The molecule has 3 N–H and O–H groups in total. The smallest absolute Gasteiger partial charge is 0.252 e. The molecule has 1 aliphatic carbocycles. The van der Waals surface area contributed by atoms with E-state index in [0.717, 1.165) is 29.7 Å². The van der Waals surface area contributed by atoms with Crippen molar-refractivity contribution in [1.82, 2.24) is 10.3 Å². The number of aromatic nitrogens is 1. The quantitative estimate of drug-likeness (QED) is 0.702. The molecule has 0 aliphatic heterocycles. The summed E-state index contributed by atoms with van der Waals surface area (Å²) in [7, 11) is 0. The number of carbonyl (C=O) groups excluding carboxylic acids is 1. The predicted molar refractivity (Wildman–Crippen MR) is 105 cm³/mol. The molecule has 27 heavy (non-hydrogen) atoms. The molecule has 0 saturated heterocycles. The van der Waals surface area contributed by atoms with Crippen molar-refractivity contribution in [2.75, 3.05) is 13.1 Å². The molecule has 0 bridgehead atoms. The normalized spacial score (nSPS) is 13.7. The molecule has 1 fully saturated rings. The van der Waals surface area contributed by atoms with Crippen LogP contribution in [0.1, 0.15) is 28.9 Å². The summed E-state index contributed by atoms with van der Waals surface area (Å²) >= 11 is 0. The zero-order valence-corrected chi connectivity index (χ0v) is 15.0. The van der Waals surface area contributed by atoms with Gasteiger partial charge in [0.25, 0.3) is 5.91 Å². The van der Waals surface area contributed by atoms with Gasteiger partial charge in [-0.3, -0.25) is 9.78 Å². The van der Waals surface area contributed by atoms with Gasteiger partial charge >= 0.3 is 0 Å². The number of hydrogen-bond donors (Lipinski definition) is 2. The van der Waals surface area contributed by atoms with Crippen LogP contribution < -0.4 is 11.1 Å². The largest absolute Gasteiger partial charge is 0.352 e. The Hall–Kier alpha value is -2.79. The average molecular weight is 363 g/mol. The minimum absolute atomic E-state index is 0.183. The second-order valence-electron chi connectivity index (χ2n) is 7.03. The maximum atomic E-state index is 14.0.